The lowest BCUT2D eigenvalue weighted by Gasteiger charge is -2.08. The molecule has 0 saturated heterocycles. The smallest absolute Gasteiger partial charge is 0.238 e. The average Bonchev–Trinajstić information content (AvgIpc) is 2.39. The molecular formula is C12H15N5O. The number of nitrogens with two attached hydrogens (primary N) is 1. The highest BCUT2D eigenvalue weighted by Crippen LogP contribution is 2.20. The fourth-order valence-corrected chi connectivity index (χ4v) is 1.40. The predicted octanol–water partition coefficient (Wildman–Crippen LogP) is 1.38. The van der Waals surface area contributed by atoms with Gasteiger partial charge in [-0.25, -0.2) is 0 Å². The minimum absolute atomic E-state index is 0.412. The van der Waals surface area contributed by atoms with Gasteiger partial charge in [0.15, 0.2) is 0 Å². The van der Waals surface area contributed by atoms with Crippen LogP contribution >= 0.6 is 0 Å². The second-order valence-electron chi connectivity index (χ2n) is 3.80. The van der Waals surface area contributed by atoms with Gasteiger partial charge in [0.25, 0.3) is 0 Å². The molecule has 0 aliphatic carbocycles. The first-order valence-corrected chi connectivity index (χ1v) is 5.51. The maximum atomic E-state index is 5.69. The Labute approximate surface area is 105 Å². The third kappa shape index (κ3) is 2.85. The summed E-state index contributed by atoms with van der Waals surface area (Å²) in [5, 5.41) is 3.13. The Bertz CT molecular complexity index is 526. The van der Waals surface area contributed by atoms with Gasteiger partial charge in [-0.3, -0.25) is 9.97 Å². The molecule has 2 aromatic rings. The molecule has 0 aliphatic rings. The number of nitrogens with zero attached hydrogens (tertiary/aromatic N) is 3. The number of pyridine rings is 1. The fraction of sp³-hybridized carbons (Fsp3) is 0.250. The number of nitrogens with one attached hydrogen (secondary N) is 1. The van der Waals surface area contributed by atoms with Gasteiger partial charge in [0.1, 0.15) is 5.82 Å². The van der Waals surface area contributed by atoms with E-state index >= 15 is 0 Å². The van der Waals surface area contributed by atoms with Gasteiger partial charge in [0.2, 0.25) is 5.88 Å². The minimum Gasteiger partial charge on any atom is -0.479 e. The molecule has 0 atom stereocenters. The van der Waals surface area contributed by atoms with Crippen molar-refractivity contribution in [3.05, 3.63) is 35.9 Å². The molecule has 0 aliphatic heterocycles. The van der Waals surface area contributed by atoms with Crippen LogP contribution in [0.5, 0.6) is 5.88 Å². The van der Waals surface area contributed by atoms with Crippen molar-refractivity contribution in [1.29, 1.82) is 0 Å². The van der Waals surface area contributed by atoms with E-state index in [4.69, 9.17) is 10.5 Å². The van der Waals surface area contributed by atoms with Crippen molar-refractivity contribution in [2.75, 3.05) is 18.2 Å². The number of anilines is 2. The SMILES string of the molecule is COc1nc(NCc2cnc(C)cn2)ccc1N. The van der Waals surface area contributed by atoms with E-state index in [1.807, 2.05) is 6.92 Å². The average molecular weight is 245 g/mol. The molecule has 0 spiro atoms. The highest BCUT2D eigenvalue weighted by atomic mass is 16.5. The number of hydrogen-bond donors (Lipinski definition) is 2. The lowest BCUT2D eigenvalue weighted by Crippen LogP contribution is -2.05. The number of ether oxygens (including phenoxy) is 1. The van der Waals surface area contributed by atoms with E-state index in [1.54, 1.807) is 24.5 Å². The first-order valence-electron chi connectivity index (χ1n) is 5.51. The van der Waals surface area contributed by atoms with Gasteiger partial charge in [0, 0.05) is 6.20 Å². The highest BCUT2D eigenvalue weighted by molar-refractivity contribution is 5.53. The Morgan fingerprint density at radius 3 is 2.78 bits per heavy atom. The highest BCUT2D eigenvalue weighted by Gasteiger charge is 2.03. The summed E-state index contributed by atoms with van der Waals surface area (Å²) < 4.78 is 5.05. The van der Waals surface area contributed by atoms with Crippen LogP contribution in [0.4, 0.5) is 11.5 Å². The summed E-state index contributed by atoms with van der Waals surface area (Å²) in [6, 6.07) is 3.54. The molecule has 0 unspecified atom stereocenters. The molecule has 0 saturated carbocycles. The Kier molecular flexibility index (Phi) is 3.57. The van der Waals surface area contributed by atoms with Crippen molar-refractivity contribution in [1.82, 2.24) is 15.0 Å². The number of hydrogen-bond acceptors (Lipinski definition) is 6. The van der Waals surface area contributed by atoms with Crippen LogP contribution in [0.25, 0.3) is 0 Å². The molecule has 0 fully saturated rings. The van der Waals surface area contributed by atoms with Crippen molar-refractivity contribution in [3.8, 4) is 5.88 Å². The van der Waals surface area contributed by atoms with E-state index in [-0.39, 0.29) is 0 Å². The Balaban J connectivity index is 2.04. The summed E-state index contributed by atoms with van der Waals surface area (Å²) in [5.41, 5.74) is 7.94. The number of rotatable bonds is 4. The topological polar surface area (TPSA) is 86.0 Å². The molecule has 0 bridgehead atoms. The van der Waals surface area contributed by atoms with Gasteiger partial charge in [0.05, 0.1) is 36.9 Å². The number of aryl methyl sites for hydroxylation is 1. The maximum absolute atomic E-state index is 5.69. The Hall–Kier alpha value is -2.37. The number of nitrogen functional groups attached to an aromatic ring is 1. The Morgan fingerprint density at radius 1 is 1.28 bits per heavy atom. The van der Waals surface area contributed by atoms with Crippen LogP contribution in [0.1, 0.15) is 11.4 Å². The molecule has 0 amide bonds. The van der Waals surface area contributed by atoms with E-state index in [2.05, 4.69) is 20.3 Å². The molecule has 18 heavy (non-hydrogen) atoms. The predicted molar refractivity (Wildman–Crippen MR) is 69.3 cm³/mol. The van der Waals surface area contributed by atoms with Crippen molar-refractivity contribution < 1.29 is 4.74 Å². The van der Waals surface area contributed by atoms with Gasteiger partial charge >= 0.3 is 0 Å². The van der Waals surface area contributed by atoms with Crippen LogP contribution in [0.2, 0.25) is 0 Å². The zero-order chi connectivity index (χ0) is 13.0. The zero-order valence-corrected chi connectivity index (χ0v) is 10.3. The van der Waals surface area contributed by atoms with Crippen molar-refractivity contribution in [3.63, 3.8) is 0 Å². The molecule has 0 radical (unpaired) electrons. The lowest BCUT2D eigenvalue weighted by atomic mass is 10.3. The molecule has 2 rings (SSSR count). The van der Waals surface area contributed by atoms with Crippen LogP contribution < -0.4 is 15.8 Å². The summed E-state index contributed by atoms with van der Waals surface area (Å²) >= 11 is 0. The monoisotopic (exact) mass is 245 g/mol. The molecule has 6 heteroatoms. The lowest BCUT2D eigenvalue weighted by molar-refractivity contribution is 0.401. The first-order chi connectivity index (χ1) is 8.69. The van der Waals surface area contributed by atoms with E-state index < -0.39 is 0 Å². The van der Waals surface area contributed by atoms with Crippen molar-refractivity contribution in [2.24, 2.45) is 0 Å². The van der Waals surface area contributed by atoms with E-state index in [1.165, 1.54) is 7.11 Å². The summed E-state index contributed by atoms with van der Waals surface area (Å²) in [4.78, 5) is 12.6. The van der Waals surface area contributed by atoms with E-state index in [9.17, 15) is 0 Å². The summed E-state index contributed by atoms with van der Waals surface area (Å²) in [6.45, 7) is 2.45. The van der Waals surface area contributed by atoms with Crippen LogP contribution in [0, 0.1) is 6.92 Å². The van der Waals surface area contributed by atoms with E-state index in [0.29, 0.717) is 23.9 Å². The largest absolute Gasteiger partial charge is 0.479 e. The second kappa shape index (κ2) is 5.31. The number of aromatic nitrogens is 3. The van der Waals surface area contributed by atoms with Gasteiger partial charge in [-0.05, 0) is 19.1 Å². The molecule has 2 heterocycles. The standard InChI is InChI=1S/C12H15N5O/c1-8-5-15-9(6-14-8)7-16-11-4-3-10(13)12(17-11)18-2/h3-6H,7,13H2,1-2H3,(H,16,17). The number of methoxy groups -OCH3 is 1. The third-order valence-electron chi connectivity index (χ3n) is 2.37. The third-order valence-corrected chi connectivity index (χ3v) is 2.37. The van der Waals surface area contributed by atoms with Crippen LogP contribution in [-0.2, 0) is 6.54 Å². The van der Waals surface area contributed by atoms with Crippen LogP contribution in [-0.4, -0.2) is 22.1 Å². The Morgan fingerprint density at radius 2 is 2.11 bits per heavy atom. The van der Waals surface area contributed by atoms with Crippen molar-refractivity contribution >= 4 is 11.5 Å². The molecule has 0 aromatic carbocycles. The van der Waals surface area contributed by atoms with Gasteiger partial charge < -0.3 is 15.8 Å². The minimum atomic E-state index is 0.412. The van der Waals surface area contributed by atoms with Gasteiger partial charge in [-0.15, -0.1) is 0 Å². The van der Waals surface area contributed by atoms with Crippen molar-refractivity contribution in [2.45, 2.75) is 13.5 Å². The fourth-order valence-electron chi connectivity index (χ4n) is 1.40. The molecule has 2 aromatic heterocycles. The van der Waals surface area contributed by atoms with Crippen LogP contribution in [0.3, 0.4) is 0 Å². The molecule has 3 N–H and O–H groups in total. The maximum Gasteiger partial charge on any atom is 0.238 e. The molecular weight excluding hydrogens is 230 g/mol. The molecule has 6 nitrogen and oxygen atoms in total. The normalized spacial score (nSPS) is 10.1. The summed E-state index contributed by atoms with van der Waals surface area (Å²) in [6.07, 6.45) is 3.46. The summed E-state index contributed by atoms with van der Waals surface area (Å²) in [7, 11) is 1.54. The summed E-state index contributed by atoms with van der Waals surface area (Å²) in [5.74, 6) is 1.10. The van der Waals surface area contributed by atoms with Gasteiger partial charge in [-0.1, -0.05) is 0 Å². The van der Waals surface area contributed by atoms with Gasteiger partial charge in [-0.2, -0.15) is 4.98 Å². The second-order valence-corrected chi connectivity index (χ2v) is 3.80. The van der Waals surface area contributed by atoms with Crippen LogP contribution in [0.15, 0.2) is 24.5 Å². The zero-order valence-electron chi connectivity index (χ0n) is 10.3. The van der Waals surface area contributed by atoms with E-state index in [0.717, 1.165) is 11.4 Å². The molecule has 94 valence electrons. The first kappa shape index (κ1) is 12.1. The quantitative estimate of drug-likeness (QED) is 0.846.